The SMILES string of the molecule is CCc1ccc(C=CC(=O)OC(F)(F)F)cc1. The maximum atomic E-state index is 11.7. The molecule has 2 nitrogen and oxygen atoms in total. The molecular weight excluding hydrogens is 233 g/mol. The van der Waals surface area contributed by atoms with Crippen molar-refractivity contribution in [2.75, 3.05) is 0 Å². The van der Waals surface area contributed by atoms with Gasteiger partial charge in [0, 0.05) is 6.08 Å². The Morgan fingerprint density at radius 2 is 1.88 bits per heavy atom. The number of benzene rings is 1. The van der Waals surface area contributed by atoms with E-state index in [1.54, 1.807) is 12.1 Å². The molecule has 5 heteroatoms. The standard InChI is InChI=1S/C12H11F3O2/c1-2-9-3-5-10(6-4-9)7-8-11(16)17-12(13,14)15/h3-8H,2H2,1H3. The van der Waals surface area contributed by atoms with Gasteiger partial charge in [-0.25, -0.2) is 4.79 Å². The number of carbonyl (C=O) groups excluding carboxylic acids is 1. The minimum atomic E-state index is -4.94. The van der Waals surface area contributed by atoms with E-state index in [-0.39, 0.29) is 0 Å². The number of esters is 1. The van der Waals surface area contributed by atoms with Gasteiger partial charge in [-0.15, -0.1) is 13.2 Å². The fraction of sp³-hybridized carbons (Fsp3) is 0.250. The number of hydrogen-bond donors (Lipinski definition) is 0. The van der Waals surface area contributed by atoms with Crippen molar-refractivity contribution in [2.45, 2.75) is 19.7 Å². The molecule has 0 aliphatic carbocycles. The van der Waals surface area contributed by atoms with Crippen LogP contribution in [-0.2, 0) is 16.0 Å². The van der Waals surface area contributed by atoms with E-state index < -0.39 is 12.3 Å². The van der Waals surface area contributed by atoms with Crippen LogP contribution in [0.5, 0.6) is 0 Å². The van der Waals surface area contributed by atoms with Crippen LogP contribution in [0, 0.1) is 0 Å². The number of rotatable bonds is 3. The fourth-order valence-electron chi connectivity index (χ4n) is 1.18. The molecule has 1 aromatic carbocycles. The zero-order valence-electron chi connectivity index (χ0n) is 9.12. The van der Waals surface area contributed by atoms with E-state index in [4.69, 9.17) is 0 Å². The summed E-state index contributed by atoms with van der Waals surface area (Å²) in [5.74, 6) is -1.43. The smallest absolute Gasteiger partial charge is 0.370 e. The van der Waals surface area contributed by atoms with Crippen LogP contribution in [0.25, 0.3) is 6.08 Å². The molecule has 0 fully saturated rings. The summed E-state index contributed by atoms with van der Waals surface area (Å²) in [5, 5.41) is 0. The molecule has 0 spiro atoms. The van der Waals surface area contributed by atoms with E-state index in [1.165, 1.54) is 6.08 Å². The first-order chi connectivity index (χ1) is 7.90. The number of halogens is 3. The van der Waals surface area contributed by atoms with Crippen LogP contribution < -0.4 is 0 Å². The fourth-order valence-corrected chi connectivity index (χ4v) is 1.18. The molecule has 1 rings (SSSR count). The monoisotopic (exact) mass is 244 g/mol. The Hall–Kier alpha value is -1.78. The summed E-state index contributed by atoms with van der Waals surface area (Å²) in [5.41, 5.74) is 1.75. The van der Waals surface area contributed by atoms with Gasteiger partial charge in [-0.1, -0.05) is 31.2 Å². The van der Waals surface area contributed by atoms with Crippen molar-refractivity contribution in [3.8, 4) is 0 Å². The summed E-state index contributed by atoms with van der Waals surface area (Å²) in [6, 6.07) is 7.12. The number of aryl methyl sites for hydroxylation is 1. The van der Waals surface area contributed by atoms with E-state index in [0.717, 1.165) is 18.1 Å². The lowest BCUT2D eigenvalue weighted by atomic mass is 10.1. The van der Waals surface area contributed by atoms with Crippen LogP contribution in [0.3, 0.4) is 0 Å². The van der Waals surface area contributed by atoms with E-state index >= 15 is 0 Å². The van der Waals surface area contributed by atoms with Crippen molar-refractivity contribution in [2.24, 2.45) is 0 Å². The summed E-state index contributed by atoms with van der Waals surface area (Å²) in [4.78, 5) is 10.7. The van der Waals surface area contributed by atoms with Crippen molar-refractivity contribution >= 4 is 12.0 Å². The highest BCUT2D eigenvalue weighted by Gasteiger charge is 2.32. The molecule has 0 aliphatic heterocycles. The molecule has 0 atom stereocenters. The van der Waals surface area contributed by atoms with Gasteiger partial charge < -0.3 is 4.74 Å². The molecule has 0 N–H and O–H groups in total. The van der Waals surface area contributed by atoms with Crippen LogP contribution >= 0.6 is 0 Å². The molecule has 0 amide bonds. The van der Waals surface area contributed by atoms with Crippen LogP contribution in [0.2, 0.25) is 0 Å². The van der Waals surface area contributed by atoms with Gasteiger partial charge in [0.05, 0.1) is 0 Å². The topological polar surface area (TPSA) is 26.3 Å². The van der Waals surface area contributed by atoms with E-state index in [0.29, 0.717) is 5.56 Å². The van der Waals surface area contributed by atoms with E-state index in [1.807, 2.05) is 19.1 Å². The number of alkyl halides is 3. The zero-order chi connectivity index (χ0) is 12.9. The van der Waals surface area contributed by atoms with Gasteiger partial charge in [0.1, 0.15) is 0 Å². The largest absolute Gasteiger partial charge is 0.575 e. The Morgan fingerprint density at radius 3 is 2.35 bits per heavy atom. The van der Waals surface area contributed by atoms with E-state index in [9.17, 15) is 18.0 Å². The van der Waals surface area contributed by atoms with Gasteiger partial charge in [0.2, 0.25) is 0 Å². The molecule has 92 valence electrons. The van der Waals surface area contributed by atoms with Crippen LogP contribution in [0.1, 0.15) is 18.1 Å². The third-order valence-electron chi connectivity index (χ3n) is 2.02. The predicted molar refractivity (Wildman–Crippen MR) is 57.0 cm³/mol. The molecule has 0 unspecified atom stereocenters. The van der Waals surface area contributed by atoms with E-state index in [2.05, 4.69) is 4.74 Å². The quantitative estimate of drug-likeness (QED) is 0.602. The highest BCUT2D eigenvalue weighted by Crippen LogP contribution is 2.16. The van der Waals surface area contributed by atoms with Crippen molar-refractivity contribution in [1.29, 1.82) is 0 Å². The van der Waals surface area contributed by atoms with Crippen LogP contribution in [0.4, 0.5) is 13.2 Å². The summed E-state index contributed by atoms with van der Waals surface area (Å²) >= 11 is 0. The van der Waals surface area contributed by atoms with Crippen molar-refractivity contribution in [3.63, 3.8) is 0 Å². The average Bonchev–Trinajstić information content (AvgIpc) is 2.25. The number of ether oxygens (including phenoxy) is 1. The first-order valence-electron chi connectivity index (χ1n) is 4.97. The second kappa shape index (κ2) is 5.52. The number of carbonyl (C=O) groups is 1. The Labute approximate surface area is 96.7 Å². The van der Waals surface area contributed by atoms with Crippen LogP contribution in [-0.4, -0.2) is 12.3 Å². The molecule has 0 bridgehead atoms. The number of hydrogen-bond acceptors (Lipinski definition) is 2. The van der Waals surface area contributed by atoms with Gasteiger partial charge in [-0.05, 0) is 23.6 Å². The molecule has 0 heterocycles. The summed E-state index contributed by atoms with van der Waals surface area (Å²) in [7, 11) is 0. The molecule has 1 aromatic rings. The van der Waals surface area contributed by atoms with Crippen molar-refractivity contribution in [3.05, 3.63) is 41.5 Å². The van der Waals surface area contributed by atoms with Gasteiger partial charge >= 0.3 is 12.3 Å². The Balaban J connectivity index is 2.61. The molecule has 0 saturated heterocycles. The van der Waals surface area contributed by atoms with Crippen LogP contribution in [0.15, 0.2) is 30.3 Å². The molecule has 0 saturated carbocycles. The lowest BCUT2D eigenvalue weighted by molar-refractivity contribution is -0.302. The Morgan fingerprint density at radius 1 is 1.29 bits per heavy atom. The lowest BCUT2D eigenvalue weighted by Crippen LogP contribution is -2.17. The maximum absolute atomic E-state index is 11.7. The first-order valence-corrected chi connectivity index (χ1v) is 4.97. The third kappa shape index (κ3) is 5.19. The molecule has 0 radical (unpaired) electrons. The molecular formula is C12H11F3O2. The summed E-state index contributed by atoms with van der Waals surface area (Å²) in [6.07, 6.45) is -2.05. The average molecular weight is 244 g/mol. The van der Waals surface area contributed by atoms with Crippen molar-refractivity contribution in [1.82, 2.24) is 0 Å². The molecule has 0 aromatic heterocycles. The highest BCUT2D eigenvalue weighted by molar-refractivity contribution is 5.87. The highest BCUT2D eigenvalue weighted by atomic mass is 19.4. The normalized spacial score (nSPS) is 11.8. The molecule has 17 heavy (non-hydrogen) atoms. The second-order valence-electron chi connectivity index (χ2n) is 3.30. The van der Waals surface area contributed by atoms with Gasteiger partial charge in [-0.2, -0.15) is 0 Å². The minimum Gasteiger partial charge on any atom is -0.370 e. The van der Waals surface area contributed by atoms with Crippen molar-refractivity contribution < 1.29 is 22.7 Å². The minimum absolute atomic E-state index is 0.640. The zero-order valence-corrected chi connectivity index (χ0v) is 9.12. The predicted octanol–water partition coefficient (Wildman–Crippen LogP) is 3.33. The van der Waals surface area contributed by atoms with Gasteiger partial charge in [-0.3, -0.25) is 0 Å². The molecule has 0 aliphatic rings. The third-order valence-corrected chi connectivity index (χ3v) is 2.02. The lowest BCUT2D eigenvalue weighted by Gasteiger charge is -2.03. The Bertz CT molecular complexity index is 405. The second-order valence-corrected chi connectivity index (χ2v) is 3.30. The maximum Gasteiger partial charge on any atom is 0.575 e. The first kappa shape index (κ1) is 13.3. The Kier molecular flexibility index (Phi) is 4.31. The van der Waals surface area contributed by atoms with Gasteiger partial charge in [0.25, 0.3) is 0 Å². The summed E-state index contributed by atoms with van der Waals surface area (Å²) < 4.78 is 38.1. The summed E-state index contributed by atoms with van der Waals surface area (Å²) in [6.45, 7) is 1.99. The van der Waals surface area contributed by atoms with Gasteiger partial charge in [0.15, 0.2) is 0 Å².